The Kier molecular flexibility index (Phi) is 3.68. The number of ether oxygens (including phenoxy) is 1. The molecule has 3 aliphatic rings. The molecule has 1 aliphatic carbocycles. The van der Waals surface area contributed by atoms with Gasteiger partial charge in [0.25, 0.3) is 5.88 Å². The normalized spacial score (nSPS) is 28.8. The highest BCUT2D eigenvalue weighted by atomic mass is 19.1. The van der Waals surface area contributed by atoms with Gasteiger partial charge < -0.3 is 4.74 Å². The Morgan fingerprint density at radius 1 is 1.36 bits per heavy atom. The summed E-state index contributed by atoms with van der Waals surface area (Å²) in [6.45, 7) is 4.49. The highest BCUT2D eigenvalue weighted by Gasteiger charge is 2.42. The molecule has 132 valence electrons. The summed E-state index contributed by atoms with van der Waals surface area (Å²) < 4.78 is 33.3. The van der Waals surface area contributed by atoms with Crippen LogP contribution in [-0.4, -0.2) is 40.4 Å². The molecule has 4 rings (SSSR count). The third-order valence-electron chi connectivity index (χ3n) is 4.93. The number of rotatable bonds is 3. The molecule has 2 aliphatic heterocycles. The lowest BCUT2D eigenvalue weighted by atomic mass is 9.81. The zero-order chi connectivity index (χ0) is 17.8. The van der Waals surface area contributed by atoms with Gasteiger partial charge in [-0.1, -0.05) is 0 Å². The summed E-state index contributed by atoms with van der Waals surface area (Å²) in [5.74, 6) is -0.571. The standard InChI is InChI=1S/C19H21F2N3O/c1-12-11-23(3)24-5-4-13(7-17(12)24)14-6-16(20)18(22-10-14)25-15-8-19(2,21)9-15/h4-7,10,15H,8-9,11H2,1-3H3. The van der Waals surface area contributed by atoms with Crippen molar-refractivity contribution in [1.29, 1.82) is 0 Å². The minimum absolute atomic E-state index is 0.0535. The Labute approximate surface area is 146 Å². The second-order valence-electron chi connectivity index (χ2n) is 7.31. The van der Waals surface area contributed by atoms with Gasteiger partial charge in [-0.25, -0.2) is 18.8 Å². The van der Waals surface area contributed by atoms with Crippen molar-refractivity contribution in [2.24, 2.45) is 0 Å². The third-order valence-corrected chi connectivity index (χ3v) is 4.93. The van der Waals surface area contributed by atoms with Crippen molar-refractivity contribution < 1.29 is 13.5 Å². The van der Waals surface area contributed by atoms with Gasteiger partial charge in [0.2, 0.25) is 0 Å². The smallest absolute Gasteiger partial charge is 0.250 e. The van der Waals surface area contributed by atoms with Gasteiger partial charge in [0.15, 0.2) is 5.82 Å². The van der Waals surface area contributed by atoms with Crippen molar-refractivity contribution in [1.82, 2.24) is 15.0 Å². The lowest BCUT2D eigenvalue weighted by Crippen LogP contribution is -2.44. The fraction of sp³-hybridized carbons (Fsp3) is 0.421. The van der Waals surface area contributed by atoms with E-state index >= 15 is 0 Å². The first kappa shape index (κ1) is 16.3. The molecule has 25 heavy (non-hydrogen) atoms. The molecule has 0 amide bonds. The molecular formula is C19H21F2N3O. The molecule has 0 unspecified atom stereocenters. The van der Waals surface area contributed by atoms with E-state index in [1.54, 1.807) is 6.20 Å². The van der Waals surface area contributed by atoms with Crippen LogP contribution in [0.25, 0.3) is 5.57 Å². The van der Waals surface area contributed by atoms with Crippen LogP contribution in [0.4, 0.5) is 8.78 Å². The number of pyridine rings is 1. The number of hydrazine groups is 1. The van der Waals surface area contributed by atoms with Crippen LogP contribution in [0, 0.1) is 5.82 Å². The van der Waals surface area contributed by atoms with E-state index in [1.165, 1.54) is 18.6 Å². The second kappa shape index (κ2) is 5.66. The minimum Gasteiger partial charge on any atom is -0.472 e. The van der Waals surface area contributed by atoms with Crippen LogP contribution in [0.3, 0.4) is 0 Å². The summed E-state index contributed by atoms with van der Waals surface area (Å²) in [6, 6.07) is 1.43. The molecule has 0 atom stereocenters. The van der Waals surface area contributed by atoms with E-state index in [-0.39, 0.29) is 24.8 Å². The maximum absolute atomic E-state index is 14.4. The maximum Gasteiger partial charge on any atom is 0.250 e. The van der Waals surface area contributed by atoms with E-state index in [0.717, 1.165) is 17.8 Å². The molecule has 0 N–H and O–H groups in total. The SMILES string of the molecule is CC1=C2C=C(c3cnc(OC4CC(C)(F)C4)c(F)c3)C=CN2N(C)C1. The molecule has 1 aromatic heterocycles. The first-order valence-corrected chi connectivity index (χ1v) is 8.44. The van der Waals surface area contributed by atoms with Crippen LogP contribution < -0.4 is 4.74 Å². The molecule has 4 nitrogen and oxygen atoms in total. The molecule has 3 heterocycles. The predicted molar refractivity (Wildman–Crippen MR) is 91.6 cm³/mol. The lowest BCUT2D eigenvalue weighted by molar-refractivity contribution is -0.0328. The van der Waals surface area contributed by atoms with Gasteiger partial charge in [0.05, 0.1) is 5.70 Å². The summed E-state index contributed by atoms with van der Waals surface area (Å²) in [5, 5.41) is 4.19. The number of hydrogen-bond acceptors (Lipinski definition) is 4. The van der Waals surface area contributed by atoms with Crippen molar-refractivity contribution in [3.63, 3.8) is 0 Å². The number of aromatic nitrogens is 1. The Balaban J connectivity index is 1.53. The van der Waals surface area contributed by atoms with Crippen molar-refractivity contribution >= 4 is 5.57 Å². The molecule has 0 aromatic carbocycles. The van der Waals surface area contributed by atoms with Gasteiger partial charge in [0.1, 0.15) is 11.8 Å². The fourth-order valence-corrected chi connectivity index (χ4v) is 3.59. The first-order chi connectivity index (χ1) is 11.8. The molecule has 1 saturated carbocycles. The van der Waals surface area contributed by atoms with Crippen molar-refractivity contribution in [2.45, 2.75) is 38.5 Å². The number of hydrogen-bond donors (Lipinski definition) is 0. The van der Waals surface area contributed by atoms with E-state index in [4.69, 9.17) is 4.74 Å². The topological polar surface area (TPSA) is 28.6 Å². The molecule has 0 saturated heterocycles. The minimum atomic E-state index is -1.20. The van der Waals surface area contributed by atoms with Crippen molar-refractivity contribution in [3.05, 3.63) is 53.3 Å². The quantitative estimate of drug-likeness (QED) is 0.832. The number of alkyl halides is 1. The zero-order valence-corrected chi connectivity index (χ0v) is 14.6. The Bertz CT molecular complexity index is 805. The number of likely N-dealkylation sites (N-methyl/N-ethyl adjacent to an activating group) is 1. The lowest BCUT2D eigenvalue weighted by Gasteiger charge is -2.38. The van der Waals surface area contributed by atoms with Gasteiger partial charge in [-0.15, -0.1) is 0 Å². The molecule has 0 bridgehead atoms. The van der Waals surface area contributed by atoms with Gasteiger partial charge >= 0.3 is 0 Å². The summed E-state index contributed by atoms with van der Waals surface area (Å²) >= 11 is 0. The molecule has 1 aromatic rings. The van der Waals surface area contributed by atoms with E-state index in [9.17, 15) is 8.78 Å². The molecule has 6 heteroatoms. The fourth-order valence-electron chi connectivity index (χ4n) is 3.59. The Hall–Kier alpha value is -2.21. The van der Waals surface area contributed by atoms with Crippen molar-refractivity contribution in [3.8, 4) is 5.88 Å². The van der Waals surface area contributed by atoms with Gasteiger partial charge in [-0.3, -0.25) is 5.01 Å². The number of allylic oxidation sites excluding steroid dienone is 3. The summed E-state index contributed by atoms with van der Waals surface area (Å²) in [4.78, 5) is 4.11. The van der Waals surface area contributed by atoms with Crippen LogP contribution in [0.2, 0.25) is 0 Å². The Morgan fingerprint density at radius 3 is 2.80 bits per heavy atom. The maximum atomic E-state index is 14.4. The zero-order valence-electron chi connectivity index (χ0n) is 14.6. The predicted octanol–water partition coefficient (Wildman–Crippen LogP) is 3.84. The largest absolute Gasteiger partial charge is 0.472 e. The number of fused-ring (bicyclic) bond motifs is 1. The molecule has 0 spiro atoms. The van der Waals surface area contributed by atoms with Crippen LogP contribution in [0.15, 0.2) is 41.9 Å². The Morgan fingerprint density at radius 2 is 2.12 bits per heavy atom. The highest BCUT2D eigenvalue weighted by molar-refractivity contribution is 5.77. The molecular weight excluding hydrogens is 324 g/mol. The van der Waals surface area contributed by atoms with Crippen molar-refractivity contribution in [2.75, 3.05) is 13.6 Å². The van der Waals surface area contributed by atoms with Crippen LogP contribution in [0.1, 0.15) is 32.3 Å². The van der Waals surface area contributed by atoms with E-state index in [1.807, 2.05) is 25.4 Å². The molecule has 1 fully saturated rings. The van der Waals surface area contributed by atoms with Gasteiger partial charge in [-0.05, 0) is 43.2 Å². The molecule has 0 radical (unpaired) electrons. The number of nitrogens with zero attached hydrogens (tertiary/aromatic N) is 3. The van der Waals surface area contributed by atoms with Gasteiger partial charge in [-0.2, -0.15) is 0 Å². The van der Waals surface area contributed by atoms with Gasteiger partial charge in [0, 0.05) is 44.4 Å². The highest BCUT2D eigenvalue weighted by Crippen LogP contribution is 2.38. The van der Waals surface area contributed by atoms with Crippen LogP contribution >= 0.6 is 0 Å². The summed E-state index contributed by atoms with van der Waals surface area (Å²) in [6.07, 6.45) is 7.81. The summed E-state index contributed by atoms with van der Waals surface area (Å²) in [5.41, 5.74) is 2.76. The van der Waals surface area contributed by atoms with E-state index in [0.29, 0.717) is 5.56 Å². The van der Waals surface area contributed by atoms with E-state index < -0.39 is 11.5 Å². The average molecular weight is 345 g/mol. The first-order valence-electron chi connectivity index (χ1n) is 8.44. The van der Waals surface area contributed by atoms with Crippen LogP contribution in [-0.2, 0) is 0 Å². The average Bonchev–Trinajstić information content (AvgIpc) is 2.82. The monoisotopic (exact) mass is 345 g/mol. The van der Waals surface area contributed by atoms with Crippen LogP contribution in [0.5, 0.6) is 5.88 Å². The van der Waals surface area contributed by atoms with E-state index in [2.05, 4.69) is 21.9 Å². The number of halogens is 2. The second-order valence-corrected chi connectivity index (χ2v) is 7.31. The third kappa shape index (κ3) is 2.95. The summed E-state index contributed by atoms with van der Waals surface area (Å²) in [7, 11) is 2.02.